The van der Waals surface area contributed by atoms with E-state index in [-0.39, 0.29) is 23.8 Å². The number of sulfone groups is 1. The van der Waals surface area contributed by atoms with Crippen LogP contribution in [-0.2, 0) is 25.6 Å². The molecule has 0 radical (unpaired) electrons. The lowest BCUT2D eigenvalue weighted by molar-refractivity contribution is 0.580. The van der Waals surface area contributed by atoms with Gasteiger partial charge in [0.15, 0.2) is 9.84 Å². The second-order valence-corrected chi connectivity index (χ2v) is 8.41. The molecule has 0 unspecified atom stereocenters. The van der Waals surface area contributed by atoms with Gasteiger partial charge in [0, 0.05) is 18.0 Å². The van der Waals surface area contributed by atoms with Gasteiger partial charge in [0.25, 0.3) is 0 Å². The third-order valence-corrected chi connectivity index (χ3v) is 5.57. The Kier molecular flexibility index (Phi) is 5.33. The number of rotatable bonds is 7. The van der Waals surface area contributed by atoms with Gasteiger partial charge in [0.05, 0.1) is 11.5 Å². The summed E-state index contributed by atoms with van der Waals surface area (Å²) in [6.45, 7) is 1.42. The van der Waals surface area contributed by atoms with Crippen molar-refractivity contribution in [1.29, 1.82) is 0 Å². The molecule has 0 bridgehead atoms. The van der Waals surface area contributed by atoms with Crippen LogP contribution in [0.1, 0.15) is 12.5 Å². The summed E-state index contributed by atoms with van der Waals surface area (Å²) >= 11 is 0. The third kappa shape index (κ3) is 6.04. The minimum Gasteiger partial charge on any atom is -0.399 e. The molecule has 3 N–H and O–H groups in total. The Labute approximate surface area is 114 Å². The standard InChI is InChI=1S/C11H18N2O4S2/c1-2-18(14,15)8-7-13-19(16,17)9-10-3-5-11(12)6-4-10/h3-6,13H,2,7-9,12H2,1H3. The van der Waals surface area contributed by atoms with Crippen molar-refractivity contribution >= 4 is 25.5 Å². The van der Waals surface area contributed by atoms with Crippen LogP contribution in [-0.4, -0.2) is 34.9 Å². The Bertz CT molecular complexity index is 607. The highest BCUT2D eigenvalue weighted by Crippen LogP contribution is 2.08. The largest absolute Gasteiger partial charge is 0.399 e. The average molecular weight is 306 g/mol. The fourth-order valence-corrected chi connectivity index (χ4v) is 3.36. The smallest absolute Gasteiger partial charge is 0.215 e. The van der Waals surface area contributed by atoms with Crippen LogP contribution in [0.3, 0.4) is 0 Å². The maximum atomic E-state index is 11.7. The molecule has 1 aromatic carbocycles. The van der Waals surface area contributed by atoms with Crippen LogP contribution in [0.15, 0.2) is 24.3 Å². The van der Waals surface area contributed by atoms with Crippen molar-refractivity contribution in [2.75, 3.05) is 23.8 Å². The van der Waals surface area contributed by atoms with Crippen LogP contribution in [0.4, 0.5) is 5.69 Å². The normalized spacial score (nSPS) is 12.5. The fourth-order valence-electron chi connectivity index (χ4n) is 1.38. The van der Waals surface area contributed by atoms with Gasteiger partial charge in [-0.3, -0.25) is 0 Å². The summed E-state index contributed by atoms with van der Waals surface area (Å²) in [5, 5.41) is 0. The maximum Gasteiger partial charge on any atom is 0.215 e. The van der Waals surface area contributed by atoms with Crippen molar-refractivity contribution in [2.24, 2.45) is 0 Å². The Morgan fingerprint density at radius 3 is 2.21 bits per heavy atom. The Morgan fingerprint density at radius 2 is 1.68 bits per heavy atom. The van der Waals surface area contributed by atoms with Gasteiger partial charge in [-0.15, -0.1) is 0 Å². The number of benzene rings is 1. The lowest BCUT2D eigenvalue weighted by atomic mass is 10.2. The lowest BCUT2D eigenvalue weighted by Gasteiger charge is -2.07. The molecule has 0 amide bonds. The molecule has 0 heterocycles. The fraction of sp³-hybridized carbons (Fsp3) is 0.455. The summed E-state index contributed by atoms with van der Waals surface area (Å²) in [4.78, 5) is 0. The molecule has 6 nitrogen and oxygen atoms in total. The monoisotopic (exact) mass is 306 g/mol. The molecule has 1 aromatic rings. The number of nitrogens with two attached hydrogens (primary N) is 1. The summed E-state index contributed by atoms with van der Waals surface area (Å²) in [6, 6.07) is 6.48. The molecule has 0 aliphatic heterocycles. The van der Waals surface area contributed by atoms with E-state index in [1.807, 2.05) is 0 Å². The van der Waals surface area contributed by atoms with Crippen LogP contribution in [0.25, 0.3) is 0 Å². The number of nitrogen functional groups attached to an aromatic ring is 1. The number of hydrogen-bond donors (Lipinski definition) is 2. The third-order valence-electron chi connectivity index (χ3n) is 2.51. The number of hydrogen-bond acceptors (Lipinski definition) is 5. The van der Waals surface area contributed by atoms with Gasteiger partial charge in [0.2, 0.25) is 10.0 Å². The highest BCUT2D eigenvalue weighted by molar-refractivity contribution is 7.91. The van der Waals surface area contributed by atoms with E-state index in [1.165, 1.54) is 6.92 Å². The quantitative estimate of drug-likeness (QED) is 0.696. The predicted octanol–water partition coefficient (Wildman–Crippen LogP) is 0.123. The van der Waals surface area contributed by atoms with Crippen molar-refractivity contribution in [3.8, 4) is 0 Å². The molecule has 0 aromatic heterocycles. The van der Waals surface area contributed by atoms with E-state index in [0.29, 0.717) is 11.3 Å². The molecule has 0 fully saturated rings. The molecule has 0 aliphatic rings. The highest BCUT2D eigenvalue weighted by atomic mass is 32.2. The number of nitrogens with one attached hydrogen (secondary N) is 1. The minimum absolute atomic E-state index is 0.00664. The first kappa shape index (κ1) is 15.9. The van der Waals surface area contributed by atoms with Gasteiger partial charge >= 0.3 is 0 Å². The lowest BCUT2D eigenvalue weighted by Crippen LogP contribution is -2.30. The SMILES string of the molecule is CCS(=O)(=O)CCNS(=O)(=O)Cc1ccc(N)cc1. The topological polar surface area (TPSA) is 106 Å². The zero-order valence-corrected chi connectivity index (χ0v) is 12.3. The zero-order chi connectivity index (χ0) is 14.5. The van der Waals surface area contributed by atoms with Gasteiger partial charge in [-0.2, -0.15) is 0 Å². The van der Waals surface area contributed by atoms with Gasteiger partial charge in [0.1, 0.15) is 0 Å². The molecule has 0 saturated heterocycles. The molecule has 0 saturated carbocycles. The van der Waals surface area contributed by atoms with E-state index >= 15 is 0 Å². The molecule has 19 heavy (non-hydrogen) atoms. The van der Waals surface area contributed by atoms with E-state index in [0.717, 1.165) is 0 Å². The van der Waals surface area contributed by atoms with Crippen molar-refractivity contribution in [3.05, 3.63) is 29.8 Å². The predicted molar refractivity (Wildman–Crippen MR) is 75.8 cm³/mol. The second kappa shape index (κ2) is 6.36. The Morgan fingerprint density at radius 1 is 1.11 bits per heavy atom. The van der Waals surface area contributed by atoms with Crippen LogP contribution < -0.4 is 10.5 Å². The number of sulfonamides is 1. The first-order valence-electron chi connectivity index (χ1n) is 5.76. The van der Waals surface area contributed by atoms with Gasteiger partial charge in [-0.05, 0) is 17.7 Å². The summed E-state index contributed by atoms with van der Waals surface area (Å²) in [6.07, 6.45) is 0. The van der Waals surface area contributed by atoms with Crippen LogP contribution in [0.2, 0.25) is 0 Å². The minimum atomic E-state index is -3.53. The van der Waals surface area contributed by atoms with E-state index in [9.17, 15) is 16.8 Å². The second-order valence-electron chi connectivity index (χ2n) is 4.13. The highest BCUT2D eigenvalue weighted by Gasteiger charge is 2.13. The van der Waals surface area contributed by atoms with Crippen LogP contribution in [0, 0.1) is 0 Å². The summed E-state index contributed by atoms with van der Waals surface area (Å²) in [5.74, 6) is -0.378. The van der Waals surface area contributed by atoms with E-state index in [4.69, 9.17) is 5.73 Å². The van der Waals surface area contributed by atoms with Crippen molar-refractivity contribution < 1.29 is 16.8 Å². The van der Waals surface area contributed by atoms with Crippen molar-refractivity contribution in [1.82, 2.24) is 4.72 Å². The Hall–Kier alpha value is -1.12. The van der Waals surface area contributed by atoms with Crippen molar-refractivity contribution in [3.63, 3.8) is 0 Å². The van der Waals surface area contributed by atoms with Gasteiger partial charge < -0.3 is 5.73 Å². The molecule has 1 rings (SSSR count). The summed E-state index contributed by atoms with van der Waals surface area (Å²) in [7, 11) is -6.70. The first-order chi connectivity index (χ1) is 8.74. The molecular weight excluding hydrogens is 288 g/mol. The first-order valence-corrected chi connectivity index (χ1v) is 9.23. The molecule has 0 aliphatic carbocycles. The van der Waals surface area contributed by atoms with E-state index in [2.05, 4.69) is 4.72 Å². The summed E-state index contributed by atoms with van der Waals surface area (Å²) in [5.41, 5.74) is 6.66. The Balaban J connectivity index is 2.55. The van der Waals surface area contributed by atoms with E-state index < -0.39 is 19.9 Å². The maximum absolute atomic E-state index is 11.7. The molecule has 8 heteroatoms. The molecule has 108 valence electrons. The van der Waals surface area contributed by atoms with Crippen LogP contribution in [0.5, 0.6) is 0 Å². The van der Waals surface area contributed by atoms with Crippen LogP contribution >= 0.6 is 0 Å². The zero-order valence-electron chi connectivity index (χ0n) is 10.7. The molecule has 0 spiro atoms. The van der Waals surface area contributed by atoms with Gasteiger partial charge in [-0.1, -0.05) is 19.1 Å². The molecule has 0 atom stereocenters. The van der Waals surface area contributed by atoms with Gasteiger partial charge in [-0.25, -0.2) is 21.6 Å². The van der Waals surface area contributed by atoms with E-state index in [1.54, 1.807) is 24.3 Å². The van der Waals surface area contributed by atoms with Crippen molar-refractivity contribution in [2.45, 2.75) is 12.7 Å². The molecular formula is C11H18N2O4S2. The average Bonchev–Trinajstić information content (AvgIpc) is 2.31. The summed E-state index contributed by atoms with van der Waals surface area (Å²) < 4.78 is 48.2. The number of anilines is 1.